The van der Waals surface area contributed by atoms with E-state index >= 15 is 0 Å². The van der Waals surface area contributed by atoms with Crippen LogP contribution < -0.4 is 11.1 Å². The lowest BCUT2D eigenvalue weighted by Gasteiger charge is -2.18. The van der Waals surface area contributed by atoms with E-state index in [1.807, 2.05) is 60.7 Å². The van der Waals surface area contributed by atoms with Crippen LogP contribution in [0.1, 0.15) is 17.0 Å². The first-order valence-corrected chi connectivity index (χ1v) is 7.48. The highest BCUT2D eigenvalue weighted by Gasteiger charge is 2.21. The van der Waals surface area contributed by atoms with Crippen LogP contribution in [0.4, 0.5) is 0 Å². The normalized spacial score (nSPS) is 10.6. The third kappa shape index (κ3) is 4.69. The van der Waals surface area contributed by atoms with Crippen LogP contribution in [0.15, 0.2) is 60.7 Å². The highest BCUT2D eigenvalue weighted by atomic mass is 16.5. The van der Waals surface area contributed by atoms with Gasteiger partial charge in [0.05, 0.1) is 19.1 Å². The van der Waals surface area contributed by atoms with Crippen molar-refractivity contribution in [3.05, 3.63) is 71.8 Å². The summed E-state index contributed by atoms with van der Waals surface area (Å²) in [7, 11) is 0. The van der Waals surface area contributed by atoms with E-state index in [1.165, 1.54) is 0 Å². The number of carbonyl (C=O) groups excluding carboxylic acids is 1. The highest BCUT2D eigenvalue weighted by molar-refractivity contribution is 5.87. The van der Waals surface area contributed by atoms with Crippen molar-refractivity contribution in [1.82, 2.24) is 5.32 Å². The predicted molar refractivity (Wildman–Crippen MR) is 87.6 cm³/mol. The van der Waals surface area contributed by atoms with Gasteiger partial charge in [-0.3, -0.25) is 4.79 Å². The molecule has 0 heterocycles. The topological polar surface area (TPSA) is 64.3 Å². The minimum atomic E-state index is -0.308. The number of carbonyl (C=O) groups is 1. The van der Waals surface area contributed by atoms with E-state index in [-0.39, 0.29) is 11.8 Å². The average molecular weight is 298 g/mol. The molecule has 0 spiro atoms. The van der Waals surface area contributed by atoms with Gasteiger partial charge in [0.2, 0.25) is 5.91 Å². The molecule has 4 nitrogen and oxygen atoms in total. The Bertz CT molecular complexity index is 518. The monoisotopic (exact) mass is 298 g/mol. The van der Waals surface area contributed by atoms with Gasteiger partial charge in [-0.25, -0.2) is 0 Å². The Morgan fingerprint density at radius 2 is 1.50 bits per heavy atom. The molecule has 0 bridgehead atoms. The zero-order valence-electron chi connectivity index (χ0n) is 12.6. The molecule has 2 aromatic carbocycles. The maximum absolute atomic E-state index is 12.6. The van der Waals surface area contributed by atoms with Crippen molar-refractivity contribution in [3.63, 3.8) is 0 Å². The van der Waals surface area contributed by atoms with Crippen LogP contribution in [0.5, 0.6) is 0 Å². The summed E-state index contributed by atoms with van der Waals surface area (Å²) in [4.78, 5) is 12.6. The fourth-order valence-electron chi connectivity index (χ4n) is 2.32. The molecule has 0 fully saturated rings. The van der Waals surface area contributed by atoms with E-state index in [4.69, 9.17) is 10.5 Å². The largest absolute Gasteiger partial charge is 0.378 e. The van der Waals surface area contributed by atoms with E-state index in [0.717, 1.165) is 11.1 Å². The molecular formula is C18H22N2O2. The molecule has 1 amide bonds. The van der Waals surface area contributed by atoms with E-state index < -0.39 is 0 Å². The van der Waals surface area contributed by atoms with Crippen LogP contribution in [0.25, 0.3) is 0 Å². The van der Waals surface area contributed by atoms with Crippen molar-refractivity contribution in [2.75, 3.05) is 26.3 Å². The molecule has 0 atom stereocenters. The number of benzene rings is 2. The van der Waals surface area contributed by atoms with Gasteiger partial charge >= 0.3 is 0 Å². The maximum Gasteiger partial charge on any atom is 0.232 e. The Balaban J connectivity index is 2.07. The average Bonchev–Trinajstić information content (AvgIpc) is 2.57. The van der Waals surface area contributed by atoms with Gasteiger partial charge in [-0.2, -0.15) is 0 Å². The summed E-state index contributed by atoms with van der Waals surface area (Å²) in [6.45, 7) is 1.95. The van der Waals surface area contributed by atoms with Crippen molar-refractivity contribution >= 4 is 5.91 Å². The lowest BCUT2D eigenvalue weighted by atomic mass is 9.90. The fraction of sp³-hybridized carbons (Fsp3) is 0.278. The number of hydrogen-bond donors (Lipinski definition) is 2. The van der Waals surface area contributed by atoms with Crippen LogP contribution in [0.3, 0.4) is 0 Å². The molecule has 2 rings (SSSR count). The number of ether oxygens (including phenoxy) is 1. The van der Waals surface area contributed by atoms with Crippen LogP contribution in [-0.4, -0.2) is 32.2 Å². The number of nitrogens with two attached hydrogens (primary N) is 1. The number of rotatable bonds is 8. The summed E-state index contributed by atoms with van der Waals surface area (Å²) in [6, 6.07) is 19.6. The Labute approximate surface area is 131 Å². The standard InChI is InChI=1S/C18H22N2O2/c19-11-13-22-14-12-20-18(21)17(15-7-3-1-4-8-15)16-9-5-2-6-10-16/h1-10,17H,11-14,19H2,(H,20,21). The second-order valence-corrected chi connectivity index (χ2v) is 4.95. The number of nitrogens with one attached hydrogen (secondary N) is 1. The molecule has 4 heteroatoms. The Morgan fingerprint density at radius 1 is 0.955 bits per heavy atom. The Hall–Kier alpha value is -2.17. The molecule has 116 valence electrons. The molecule has 2 aromatic rings. The van der Waals surface area contributed by atoms with Crippen molar-refractivity contribution in [2.24, 2.45) is 5.73 Å². The first-order chi connectivity index (χ1) is 10.8. The highest BCUT2D eigenvalue weighted by Crippen LogP contribution is 2.24. The van der Waals surface area contributed by atoms with Crippen molar-refractivity contribution < 1.29 is 9.53 Å². The summed E-state index contributed by atoms with van der Waals surface area (Å²) in [5.41, 5.74) is 7.32. The fourth-order valence-corrected chi connectivity index (χ4v) is 2.32. The second-order valence-electron chi connectivity index (χ2n) is 4.95. The van der Waals surface area contributed by atoms with Crippen molar-refractivity contribution in [3.8, 4) is 0 Å². The van der Waals surface area contributed by atoms with E-state index in [9.17, 15) is 4.79 Å². The van der Waals surface area contributed by atoms with E-state index in [1.54, 1.807) is 0 Å². The SMILES string of the molecule is NCCOCCNC(=O)C(c1ccccc1)c1ccccc1. The first-order valence-electron chi connectivity index (χ1n) is 7.48. The molecule has 0 aliphatic rings. The number of hydrogen-bond acceptors (Lipinski definition) is 3. The molecule has 0 saturated heterocycles. The molecule has 0 saturated carbocycles. The van der Waals surface area contributed by atoms with E-state index in [0.29, 0.717) is 26.3 Å². The maximum atomic E-state index is 12.6. The number of amides is 1. The summed E-state index contributed by atoms with van der Waals surface area (Å²) in [5.74, 6) is -0.328. The van der Waals surface area contributed by atoms with Gasteiger partial charge in [-0.1, -0.05) is 60.7 Å². The second kappa shape index (κ2) is 8.97. The Morgan fingerprint density at radius 3 is 2.00 bits per heavy atom. The smallest absolute Gasteiger partial charge is 0.232 e. The zero-order chi connectivity index (χ0) is 15.6. The Kier molecular flexibility index (Phi) is 6.61. The molecule has 22 heavy (non-hydrogen) atoms. The molecule has 0 unspecified atom stereocenters. The van der Waals surface area contributed by atoms with Gasteiger partial charge in [-0.05, 0) is 11.1 Å². The minimum Gasteiger partial charge on any atom is -0.378 e. The summed E-state index contributed by atoms with van der Waals surface area (Å²) < 4.78 is 5.28. The molecule has 0 aliphatic heterocycles. The molecule has 0 radical (unpaired) electrons. The first kappa shape index (κ1) is 16.2. The van der Waals surface area contributed by atoms with Crippen LogP contribution >= 0.6 is 0 Å². The van der Waals surface area contributed by atoms with Crippen molar-refractivity contribution in [2.45, 2.75) is 5.92 Å². The zero-order valence-corrected chi connectivity index (χ0v) is 12.6. The minimum absolute atomic E-state index is 0.0197. The molecular weight excluding hydrogens is 276 g/mol. The summed E-state index contributed by atoms with van der Waals surface area (Å²) >= 11 is 0. The predicted octanol–water partition coefficient (Wildman–Crippen LogP) is 1.91. The van der Waals surface area contributed by atoms with Gasteiger partial charge in [0, 0.05) is 13.1 Å². The van der Waals surface area contributed by atoms with Crippen molar-refractivity contribution in [1.29, 1.82) is 0 Å². The van der Waals surface area contributed by atoms with Crippen LogP contribution in [0.2, 0.25) is 0 Å². The molecule has 3 N–H and O–H groups in total. The summed E-state index contributed by atoms with van der Waals surface area (Å²) in [5, 5.41) is 2.93. The third-order valence-corrected chi connectivity index (χ3v) is 3.34. The quantitative estimate of drug-likeness (QED) is 0.732. The van der Waals surface area contributed by atoms with Crippen LogP contribution in [0, 0.1) is 0 Å². The lowest BCUT2D eigenvalue weighted by Crippen LogP contribution is -2.33. The van der Waals surface area contributed by atoms with Gasteiger partial charge < -0.3 is 15.8 Å². The van der Waals surface area contributed by atoms with Gasteiger partial charge in [0.25, 0.3) is 0 Å². The van der Waals surface area contributed by atoms with Gasteiger partial charge in [0.1, 0.15) is 0 Å². The third-order valence-electron chi connectivity index (χ3n) is 3.34. The molecule has 0 aliphatic carbocycles. The summed E-state index contributed by atoms with van der Waals surface area (Å²) in [6.07, 6.45) is 0. The van der Waals surface area contributed by atoms with Gasteiger partial charge in [-0.15, -0.1) is 0 Å². The lowest BCUT2D eigenvalue weighted by molar-refractivity contribution is -0.121. The van der Waals surface area contributed by atoms with Crippen LogP contribution in [-0.2, 0) is 9.53 Å². The molecule has 0 aromatic heterocycles. The van der Waals surface area contributed by atoms with Gasteiger partial charge in [0.15, 0.2) is 0 Å². The van der Waals surface area contributed by atoms with E-state index in [2.05, 4.69) is 5.32 Å².